The molecule has 0 aliphatic carbocycles. The smallest absolute Gasteiger partial charge is 0.726 e. The van der Waals surface area contributed by atoms with Gasteiger partial charge in [-0.2, -0.15) is 0 Å². The van der Waals surface area contributed by atoms with Crippen LogP contribution in [-0.2, 0) is 36.4 Å². The molecule has 0 aromatic heterocycles. The fourth-order valence-electron chi connectivity index (χ4n) is 1.99. The maximum Gasteiger partial charge on any atom is 2.00 e. The summed E-state index contributed by atoms with van der Waals surface area (Å²) in [7, 11) is -4.57. The molecule has 7 heteroatoms. The number of unbranched alkanes of at least 4 members (excludes halogenated alkanes) is 9. The minimum Gasteiger partial charge on any atom is -0.726 e. The monoisotopic (exact) mass is 372 g/mol. The molecule has 0 saturated heterocycles. The topological polar surface area (TPSA) is 75.7 Å². The van der Waals surface area contributed by atoms with Crippen molar-refractivity contribution in [2.24, 2.45) is 0 Å². The Morgan fingerprint density at radius 3 is 1.71 bits per heavy atom. The summed E-state index contributed by atoms with van der Waals surface area (Å²) in [6.45, 7) is 2.79. The molecule has 0 bridgehead atoms. The van der Waals surface area contributed by atoms with Crippen LogP contribution in [0.5, 0.6) is 0 Å². The first kappa shape index (κ1) is 23.6. The molecule has 0 unspecified atom stereocenters. The first-order chi connectivity index (χ1) is 9.56. The number of rotatable bonds is 15. The van der Waals surface area contributed by atoms with Crippen LogP contribution in [0.3, 0.4) is 0 Å². The quantitative estimate of drug-likeness (QED) is 0.190. The van der Waals surface area contributed by atoms with E-state index in [1.54, 1.807) is 0 Å². The Morgan fingerprint density at radius 1 is 0.762 bits per heavy atom. The van der Waals surface area contributed by atoms with Crippen LogP contribution in [0, 0.1) is 0 Å². The molecule has 5 nitrogen and oxygen atoms in total. The van der Waals surface area contributed by atoms with Crippen molar-refractivity contribution in [1.29, 1.82) is 0 Å². The van der Waals surface area contributed by atoms with Gasteiger partial charge in [0.1, 0.15) is 0 Å². The van der Waals surface area contributed by atoms with E-state index < -0.39 is 10.4 Å². The normalized spacial score (nSPS) is 11.3. The molecule has 0 spiro atoms. The molecule has 0 saturated carbocycles. The van der Waals surface area contributed by atoms with Gasteiger partial charge in [0, 0.05) is 6.61 Å². The van der Waals surface area contributed by atoms with Crippen LogP contribution in [-0.4, -0.2) is 32.8 Å². The van der Waals surface area contributed by atoms with E-state index in [1.165, 1.54) is 51.4 Å². The average Bonchev–Trinajstić information content (AvgIpc) is 2.38. The summed E-state index contributed by atoms with van der Waals surface area (Å²) in [4.78, 5) is 0. The zero-order valence-corrected chi connectivity index (χ0v) is 14.7. The van der Waals surface area contributed by atoms with Crippen LogP contribution < -0.4 is 0 Å². The molecule has 0 aromatic rings. The van der Waals surface area contributed by atoms with Crippen molar-refractivity contribution in [3.8, 4) is 0 Å². The van der Waals surface area contributed by atoms with Gasteiger partial charge >= 0.3 is 17.1 Å². The van der Waals surface area contributed by atoms with Gasteiger partial charge in [-0.05, 0) is 6.42 Å². The zero-order chi connectivity index (χ0) is 15.1. The molecule has 0 fully saturated rings. The third kappa shape index (κ3) is 22.8. The second-order valence-electron chi connectivity index (χ2n) is 5.02. The average molecular weight is 373 g/mol. The van der Waals surface area contributed by atoms with Crippen LogP contribution in [0.2, 0.25) is 0 Å². The van der Waals surface area contributed by atoms with Gasteiger partial charge in [-0.15, -0.1) is 0 Å². The van der Waals surface area contributed by atoms with Crippen molar-refractivity contribution in [3.05, 3.63) is 0 Å². The van der Waals surface area contributed by atoms with E-state index in [0.717, 1.165) is 12.8 Å². The van der Waals surface area contributed by atoms with Gasteiger partial charge < -0.3 is 9.29 Å². The Kier molecular flexibility index (Phi) is 18.8. The van der Waals surface area contributed by atoms with Gasteiger partial charge in [0.05, 0.1) is 13.2 Å². The van der Waals surface area contributed by atoms with E-state index in [2.05, 4.69) is 11.1 Å². The van der Waals surface area contributed by atoms with Crippen molar-refractivity contribution in [2.75, 3.05) is 19.8 Å². The standard InChI is InChI=1S/C14H30O5S.Cu/c1-2-3-4-5-6-7-8-9-10-11-12-18-13-14-19-20(15,16)17;/h2-14H2,1H3,(H,15,16,17);/q;+2/p-1. The fourth-order valence-corrected chi connectivity index (χ4v) is 2.26. The van der Waals surface area contributed by atoms with Crippen LogP contribution in [0.15, 0.2) is 0 Å². The molecule has 0 rings (SSSR count). The summed E-state index contributed by atoms with van der Waals surface area (Å²) < 4.78 is 39.5. The van der Waals surface area contributed by atoms with E-state index in [-0.39, 0.29) is 30.3 Å². The minimum absolute atomic E-state index is 0. The zero-order valence-electron chi connectivity index (χ0n) is 12.9. The number of hydrogen-bond donors (Lipinski definition) is 0. The SMILES string of the molecule is CCCCCCCCCCCCOCCOS(=O)(=O)[O-].[Cu+2]. The van der Waals surface area contributed by atoms with Gasteiger partial charge in [-0.3, -0.25) is 4.18 Å². The second-order valence-corrected chi connectivity index (χ2v) is 6.08. The van der Waals surface area contributed by atoms with Gasteiger partial charge in [0.2, 0.25) is 10.4 Å². The maximum atomic E-state index is 10.1. The minimum atomic E-state index is -4.57. The van der Waals surface area contributed by atoms with Crippen LogP contribution in [0.1, 0.15) is 71.1 Å². The molecule has 0 aliphatic rings. The largest absolute Gasteiger partial charge is 2.00 e. The maximum absolute atomic E-state index is 10.1. The van der Waals surface area contributed by atoms with Gasteiger partial charge in [-0.25, -0.2) is 8.42 Å². The molecule has 21 heavy (non-hydrogen) atoms. The summed E-state index contributed by atoms with van der Waals surface area (Å²) in [6.07, 6.45) is 12.7. The Labute approximate surface area is 140 Å². The first-order valence-corrected chi connectivity index (χ1v) is 9.07. The third-order valence-electron chi connectivity index (χ3n) is 3.10. The number of ether oxygens (including phenoxy) is 1. The predicted molar refractivity (Wildman–Crippen MR) is 78.3 cm³/mol. The molecule has 0 atom stereocenters. The molecule has 0 aromatic carbocycles. The van der Waals surface area contributed by atoms with Crippen molar-refractivity contribution >= 4 is 10.4 Å². The van der Waals surface area contributed by atoms with Crippen molar-refractivity contribution in [2.45, 2.75) is 71.1 Å². The van der Waals surface area contributed by atoms with Crippen LogP contribution >= 0.6 is 0 Å². The molecule has 0 amide bonds. The molecule has 0 aliphatic heterocycles. The van der Waals surface area contributed by atoms with Gasteiger partial charge in [-0.1, -0.05) is 64.7 Å². The van der Waals surface area contributed by atoms with E-state index in [9.17, 15) is 13.0 Å². The molecule has 1 radical (unpaired) electrons. The summed E-state index contributed by atoms with van der Waals surface area (Å²) in [5, 5.41) is 0. The van der Waals surface area contributed by atoms with Gasteiger partial charge in [0.25, 0.3) is 0 Å². The summed E-state index contributed by atoms with van der Waals surface area (Å²) in [6, 6.07) is 0. The second kappa shape index (κ2) is 16.7. The van der Waals surface area contributed by atoms with Crippen molar-refractivity contribution < 1.29 is 39.0 Å². The summed E-state index contributed by atoms with van der Waals surface area (Å²) in [5.74, 6) is 0. The molecule has 0 heterocycles. The Bertz CT molecular complexity index is 296. The predicted octanol–water partition coefficient (Wildman–Crippen LogP) is 3.40. The molecular formula is C14H29CuO5S+. The van der Waals surface area contributed by atoms with Crippen LogP contribution in [0.4, 0.5) is 0 Å². The van der Waals surface area contributed by atoms with Crippen molar-refractivity contribution in [1.82, 2.24) is 0 Å². The molecular weight excluding hydrogens is 344 g/mol. The van der Waals surface area contributed by atoms with E-state index in [1.807, 2.05) is 0 Å². The van der Waals surface area contributed by atoms with Crippen LogP contribution in [0.25, 0.3) is 0 Å². The fraction of sp³-hybridized carbons (Fsp3) is 1.00. The third-order valence-corrected chi connectivity index (χ3v) is 3.55. The molecule has 131 valence electrons. The summed E-state index contributed by atoms with van der Waals surface area (Å²) in [5.41, 5.74) is 0. The molecule has 0 N–H and O–H groups in total. The Morgan fingerprint density at radius 2 is 1.24 bits per heavy atom. The summed E-state index contributed by atoms with van der Waals surface area (Å²) >= 11 is 0. The van der Waals surface area contributed by atoms with Crippen molar-refractivity contribution in [3.63, 3.8) is 0 Å². The van der Waals surface area contributed by atoms with Gasteiger partial charge in [0.15, 0.2) is 0 Å². The number of hydrogen-bond acceptors (Lipinski definition) is 5. The van der Waals surface area contributed by atoms with E-state index >= 15 is 0 Å². The van der Waals surface area contributed by atoms with E-state index in [4.69, 9.17) is 4.74 Å². The Balaban J connectivity index is 0. The Hall–Kier alpha value is 0.349. The van der Waals surface area contributed by atoms with E-state index in [0.29, 0.717) is 6.61 Å². The first-order valence-electron chi connectivity index (χ1n) is 7.74.